The Kier molecular flexibility index (Phi) is 4.78. The summed E-state index contributed by atoms with van der Waals surface area (Å²) >= 11 is 1.54. The average molecular weight is 368 g/mol. The van der Waals surface area contributed by atoms with Gasteiger partial charge in [-0.3, -0.25) is 10.1 Å². The number of hydrogen-bond acceptors (Lipinski definition) is 7. The van der Waals surface area contributed by atoms with E-state index in [0.717, 1.165) is 5.13 Å². The zero-order valence-electron chi connectivity index (χ0n) is 12.7. The Balaban J connectivity index is 1.62. The van der Waals surface area contributed by atoms with E-state index in [0.29, 0.717) is 31.7 Å². The molecule has 0 aliphatic carbocycles. The Morgan fingerprint density at radius 1 is 1.17 bits per heavy atom. The van der Waals surface area contributed by atoms with Crippen molar-refractivity contribution in [3.63, 3.8) is 0 Å². The van der Waals surface area contributed by atoms with Crippen LogP contribution in [0.15, 0.2) is 35.8 Å². The normalized spacial score (nSPS) is 16.2. The zero-order chi connectivity index (χ0) is 17.2. The average Bonchev–Trinajstić information content (AvgIpc) is 3.09. The van der Waals surface area contributed by atoms with Gasteiger partial charge in [0.25, 0.3) is 5.69 Å². The highest BCUT2D eigenvalue weighted by molar-refractivity contribution is 7.88. The Morgan fingerprint density at radius 3 is 2.38 bits per heavy atom. The number of non-ortho nitro benzene ring substituents is 1. The van der Waals surface area contributed by atoms with Gasteiger partial charge in [-0.1, -0.05) is 12.1 Å². The Bertz CT molecular complexity index is 798. The Hall–Kier alpha value is -2.04. The van der Waals surface area contributed by atoms with Crippen LogP contribution in [-0.4, -0.2) is 48.8 Å². The number of aromatic nitrogens is 1. The summed E-state index contributed by atoms with van der Waals surface area (Å²) in [6.07, 6.45) is 1.73. The standard InChI is InChI=1S/C14H16N4O4S2/c19-18(20)13-3-1-12(2-4-13)11-24(21,22)17-8-6-16(7-9-17)14-15-5-10-23-14/h1-5,10H,6-9,11H2. The van der Waals surface area contributed by atoms with Gasteiger partial charge in [-0.15, -0.1) is 11.3 Å². The van der Waals surface area contributed by atoms with Gasteiger partial charge in [-0.2, -0.15) is 4.31 Å². The number of thiazole rings is 1. The first-order chi connectivity index (χ1) is 11.5. The van der Waals surface area contributed by atoms with Crippen LogP contribution in [0.5, 0.6) is 0 Å². The maximum absolute atomic E-state index is 12.5. The summed E-state index contributed by atoms with van der Waals surface area (Å²) in [7, 11) is -3.44. The van der Waals surface area contributed by atoms with Crippen molar-refractivity contribution < 1.29 is 13.3 Å². The van der Waals surface area contributed by atoms with Gasteiger partial charge in [-0.25, -0.2) is 13.4 Å². The number of nitrogens with zero attached hydrogens (tertiary/aromatic N) is 4. The minimum absolute atomic E-state index is 0.0480. The van der Waals surface area contributed by atoms with Gasteiger partial charge in [-0.05, 0) is 5.56 Å². The van der Waals surface area contributed by atoms with Crippen LogP contribution < -0.4 is 4.90 Å². The van der Waals surface area contributed by atoms with Crippen LogP contribution in [0.2, 0.25) is 0 Å². The number of nitro benzene ring substituents is 1. The third-order valence-corrected chi connectivity index (χ3v) is 6.50. The van der Waals surface area contributed by atoms with E-state index in [-0.39, 0.29) is 11.4 Å². The highest BCUT2D eigenvalue weighted by atomic mass is 32.2. The molecule has 0 amide bonds. The topological polar surface area (TPSA) is 96.6 Å². The second kappa shape index (κ2) is 6.83. The van der Waals surface area contributed by atoms with Crippen LogP contribution in [0, 0.1) is 10.1 Å². The maximum atomic E-state index is 12.5. The van der Waals surface area contributed by atoms with Crippen LogP contribution in [0.25, 0.3) is 0 Å². The molecule has 0 spiro atoms. The molecule has 0 atom stereocenters. The van der Waals surface area contributed by atoms with Crippen molar-refractivity contribution in [1.29, 1.82) is 0 Å². The molecule has 1 aromatic carbocycles. The second-order valence-electron chi connectivity index (χ2n) is 5.38. The molecule has 0 radical (unpaired) electrons. The van der Waals surface area contributed by atoms with E-state index in [9.17, 15) is 18.5 Å². The molecule has 1 saturated heterocycles. The molecule has 0 saturated carbocycles. The molecule has 0 unspecified atom stereocenters. The number of sulfonamides is 1. The fourth-order valence-corrected chi connectivity index (χ4v) is 4.76. The molecule has 24 heavy (non-hydrogen) atoms. The van der Waals surface area contributed by atoms with Crippen molar-refractivity contribution in [2.75, 3.05) is 31.1 Å². The van der Waals surface area contributed by atoms with Gasteiger partial charge in [0.1, 0.15) is 0 Å². The lowest BCUT2D eigenvalue weighted by atomic mass is 10.2. The maximum Gasteiger partial charge on any atom is 0.269 e. The second-order valence-corrected chi connectivity index (χ2v) is 8.22. The van der Waals surface area contributed by atoms with E-state index in [1.165, 1.54) is 39.9 Å². The van der Waals surface area contributed by atoms with Crippen molar-refractivity contribution in [2.45, 2.75) is 5.75 Å². The third-order valence-electron chi connectivity index (χ3n) is 3.82. The summed E-state index contributed by atoms with van der Waals surface area (Å²) < 4.78 is 26.5. The molecule has 8 nitrogen and oxygen atoms in total. The van der Waals surface area contributed by atoms with Gasteiger partial charge in [0.2, 0.25) is 10.0 Å². The molecule has 1 aliphatic heterocycles. The number of anilines is 1. The highest BCUT2D eigenvalue weighted by Gasteiger charge is 2.28. The molecule has 128 valence electrons. The van der Waals surface area contributed by atoms with E-state index in [1.54, 1.807) is 6.20 Å². The molecule has 1 aromatic heterocycles. The fraction of sp³-hybridized carbons (Fsp3) is 0.357. The summed E-state index contributed by atoms with van der Waals surface area (Å²) in [5, 5.41) is 13.4. The number of benzene rings is 1. The van der Waals surface area contributed by atoms with Gasteiger partial charge >= 0.3 is 0 Å². The lowest BCUT2D eigenvalue weighted by molar-refractivity contribution is -0.384. The summed E-state index contributed by atoms with van der Waals surface area (Å²) in [6, 6.07) is 5.62. The molecule has 3 rings (SSSR count). The highest BCUT2D eigenvalue weighted by Crippen LogP contribution is 2.21. The molecule has 1 aliphatic rings. The number of nitro groups is 1. The number of hydrogen-bond donors (Lipinski definition) is 0. The summed E-state index contributed by atoms with van der Waals surface area (Å²) in [5.41, 5.74) is 0.496. The van der Waals surface area contributed by atoms with Crippen LogP contribution in [-0.2, 0) is 15.8 Å². The predicted octanol–water partition coefficient (Wildman–Crippen LogP) is 1.70. The number of rotatable bonds is 5. The monoisotopic (exact) mass is 368 g/mol. The molecular weight excluding hydrogens is 352 g/mol. The van der Waals surface area contributed by atoms with Crippen molar-refractivity contribution >= 4 is 32.2 Å². The molecule has 2 heterocycles. The summed E-state index contributed by atoms with van der Waals surface area (Å²) in [5.74, 6) is -0.151. The third kappa shape index (κ3) is 3.71. The molecule has 2 aromatic rings. The first-order valence-electron chi connectivity index (χ1n) is 7.31. The van der Waals surface area contributed by atoms with Gasteiger partial charge in [0.15, 0.2) is 5.13 Å². The summed E-state index contributed by atoms with van der Waals surface area (Å²) in [6.45, 7) is 2.03. The first kappa shape index (κ1) is 16.8. The van der Waals surface area contributed by atoms with Crippen LogP contribution in [0.4, 0.5) is 10.8 Å². The molecule has 0 bridgehead atoms. The first-order valence-corrected chi connectivity index (χ1v) is 9.80. The summed E-state index contributed by atoms with van der Waals surface area (Å²) in [4.78, 5) is 16.5. The quantitative estimate of drug-likeness (QED) is 0.589. The van der Waals surface area contributed by atoms with Crippen molar-refractivity contribution in [3.8, 4) is 0 Å². The molecule has 10 heteroatoms. The van der Waals surface area contributed by atoms with E-state index < -0.39 is 14.9 Å². The predicted molar refractivity (Wildman–Crippen MR) is 91.6 cm³/mol. The molecular formula is C14H16N4O4S2. The lowest BCUT2D eigenvalue weighted by Crippen LogP contribution is -2.49. The van der Waals surface area contributed by atoms with Crippen LogP contribution in [0.1, 0.15) is 5.56 Å². The Morgan fingerprint density at radius 2 is 1.83 bits per heavy atom. The Labute approximate surface area is 143 Å². The largest absolute Gasteiger partial charge is 0.345 e. The van der Waals surface area contributed by atoms with Crippen LogP contribution >= 0.6 is 11.3 Å². The van der Waals surface area contributed by atoms with Gasteiger partial charge in [0, 0.05) is 49.9 Å². The van der Waals surface area contributed by atoms with E-state index in [1.807, 2.05) is 5.38 Å². The smallest absolute Gasteiger partial charge is 0.269 e. The van der Waals surface area contributed by atoms with E-state index in [2.05, 4.69) is 9.88 Å². The van der Waals surface area contributed by atoms with Gasteiger partial charge in [0.05, 0.1) is 10.7 Å². The van der Waals surface area contributed by atoms with Crippen molar-refractivity contribution in [2.24, 2.45) is 0 Å². The van der Waals surface area contributed by atoms with Gasteiger partial charge < -0.3 is 4.90 Å². The van der Waals surface area contributed by atoms with Crippen LogP contribution in [0.3, 0.4) is 0 Å². The molecule has 1 fully saturated rings. The zero-order valence-corrected chi connectivity index (χ0v) is 14.4. The SMILES string of the molecule is O=[N+]([O-])c1ccc(CS(=O)(=O)N2CCN(c3nccs3)CC2)cc1. The molecule has 0 N–H and O–H groups in total. The fourth-order valence-electron chi connectivity index (χ4n) is 2.55. The minimum Gasteiger partial charge on any atom is -0.345 e. The number of piperazine rings is 1. The van der Waals surface area contributed by atoms with Crippen molar-refractivity contribution in [1.82, 2.24) is 9.29 Å². The van der Waals surface area contributed by atoms with E-state index >= 15 is 0 Å². The van der Waals surface area contributed by atoms with E-state index in [4.69, 9.17) is 0 Å². The lowest BCUT2D eigenvalue weighted by Gasteiger charge is -2.33. The van der Waals surface area contributed by atoms with Crippen molar-refractivity contribution in [3.05, 3.63) is 51.5 Å². The minimum atomic E-state index is -3.44.